The van der Waals surface area contributed by atoms with Crippen molar-refractivity contribution in [1.29, 1.82) is 0 Å². The maximum atomic E-state index is 12.8. The number of carbonyl (C=O) groups is 1. The number of thiophene rings is 1. The third-order valence-corrected chi connectivity index (χ3v) is 7.10. The third kappa shape index (κ3) is 6.56. The highest BCUT2D eigenvalue weighted by Gasteiger charge is 2.18. The van der Waals surface area contributed by atoms with E-state index in [0.29, 0.717) is 11.5 Å². The molecule has 0 aliphatic carbocycles. The van der Waals surface area contributed by atoms with Crippen LogP contribution in [0.1, 0.15) is 47.6 Å². The molecule has 0 saturated carbocycles. The minimum atomic E-state index is -3.75. The Hall–Kier alpha value is -2.88. The van der Waals surface area contributed by atoms with Crippen LogP contribution in [0.3, 0.4) is 0 Å². The average molecular weight is 489 g/mol. The Morgan fingerprint density at radius 3 is 2.48 bits per heavy atom. The van der Waals surface area contributed by atoms with E-state index < -0.39 is 10.0 Å². The van der Waals surface area contributed by atoms with Gasteiger partial charge in [-0.25, -0.2) is 13.1 Å². The molecule has 0 saturated heterocycles. The molecular formula is C24H28N2O5S2. The van der Waals surface area contributed by atoms with Crippen LogP contribution in [0.25, 0.3) is 0 Å². The van der Waals surface area contributed by atoms with Crippen LogP contribution >= 0.6 is 11.3 Å². The number of carbonyl (C=O) groups excluding carboxylic acids is 1. The van der Waals surface area contributed by atoms with Crippen LogP contribution in [-0.2, 0) is 16.6 Å². The number of rotatable bonds is 10. The van der Waals surface area contributed by atoms with E-state index in [1.165, 1.54) is 23.5 Å². The molecule has 0 bridgehead atoms. The molecule has 2 aromatic carbocycles. The Morgan fingerprint density at radius 2 is 1.82 bits per heavy atom. The summed E-state index contributed by atoms with van der Waals surface area (Å²) in [6.45, 7) is 5.91. The molecule has 9 heteroatoms. The van der Waals surface area contributed by atoms with Crippen LogP contribution < -0.4 is 19.5 Å². The number of ether oxygens (including phenoxy) is 2. The van der Waals surface area contributed by atoms with E-state index in [4.69, 9.17) is 9.47 Å². The van der Waals surface area contributed by atoms with Crippen molar-refractivity contribution in [2.75, 3.05) is 7.11 Å². The number of hydrogen-bond donors (Lipinski definition) is 2. The second kappa shape index (κ2) is 10.8. The molecule has 3 rings (SSSR count). The molecular weight excluding hydrogens is 460 g/mol. The first-order chi connectivity index (χ1) is 15.7. The molecule has 0 radical (unpaired) electrons. The van der Waals surface area contributed by atoms with Crippen molar-refractivity contribution in [3.63, 3.8) is 0 Å². The lowest BCUT2D eigenvalue weighted by Crippen LogP contribution is -2.27. The summed E-state index contributed by atoms with van der Waals surface area (Å²) in [6.07, 6.45) is 0.00484. The molecule has 1 aromatic heterocycles. The first-order valence-corrected chi connectivity index (χ1v) is 12.8. The number of amides is 1. The van der Waals surface area contributed by atoms with E-state index in [1.807, 2.05) is 56.5 Å². The Balaban J connectivity index is 1.71. The summed E-state index contributed by atoms with van der Waals surface area (Å²) in [7, 11) is -2.19. The van der Waals surface area contributed by atoms with E-state index in [0.717, 1.165) is 10.4 Å². The van der Waals surface area contributed by atoms with E-state index >= 15 is 0 Å². The van der Waals surface area contributed by atoms with E-state index in [9.17, 15) is 13.2 Å². The summed E-state index contributed by atoms with van der Waals surface area (Å²) in [5, 5.41) is 4.79. The molecule has 1 heterocycles. The Kier molecular flexibility index (Phi) is 8.12. The van der Waals surface area contributed by atoms with Gasteiger partial charge in [-0.05, 0) is 68.1 Å². The van der Waals surface area contributed by atoms with Gasteiger partial charge < -0.3 is 14.8 Å². The molecule has 0 fully saturated rings. The highest BCUT2D eigenvalue weighted by molar-refractivity contribution is 7.89. The van der Waals surface area contributed by atoms with Gasteiger partial charge in [0.25, 0.3) is 5.91 Å². The van der Waals surface area contributed by atoms with Crippen LogP contribution in [-0.4, -0.2) is 27.5 Å². The van der Waals surface area contributed by atoms with E-state index in [-0.39, 0.29) is 35.1 Å². The second-order valence-corrected chi connectivity index (χ2v) is 10.5. The van der Waals surface area contributed by atoms with Gasteiger partial charge in [0.2, 0.25) is 10.0 Å². The van der Waals surface area contributed by atoms with Crippen LogP contribution in [0.2, 0.25) is 0 Å². The second-order valence-electron chi connectivity index (χ2n) is 7.70. The van der Waals surface area contributed by atoms with Crippen LogP contribution in [0.4, 0.5) is 0 Å². The quantitative estimate of drug-likeness (QED) is 0.438. The van der Waals surface area contributed by atoms with Gasteiger partial charge in [0.15, 0.2) is 11.5 Å². The summed E-state index contributed by atoms with van der Waals surface area (Å²) in [6, 6.07) is 14.9. The Morgan fingerprint density at radius 1 is 1.03 bits per heavy atom. The average Bonchev–Trinajstić information content (AvgIpc) is 3.31. The monoisotopic (exact) mass is 488 g/mol. The highest BCUT2D eigenvalue weighted by atomic mass is 32.2. The number of nitrogens with one attached hydrogen (secondary N) is 2. The fraction of sp³-hybridized carbons (Fsp3) is 0.292. The van der Waals surface area contributed by atoms with Gasteiger partial charge >= 0.3 is 0 Å². The van der Waals surface area contributed by atoms with Gasteiger partial charge in [-0.15, -0.1) is 11.3 Å². The summed E-state index contributed by atoms with van der Waals surface area (Å²) in [4.78, 5) is 13.8. The van der Waals surface area contributed by atoms with Gasteiger partial charge in [0.05, 0.1) is 24.2 Å². The topological polar surface area (TPSA) is 93.7 Å². The first kappa shape index (κ1) is 24.8. The van der Waals surface area contributed by atoms with Gasteiger partial charge in [-0.2, -0.15) is 0 Å². The predicted molar refractivity (Wildman–Crippen MR) is 129 cm³/mol. The minimum absolute atomic E-state index is 0.00484. The molecule has 7 nitrogen and oxygen atoms in total. The Labute approximate surface area is 198 Å². The summed E-state index contributed by atoms with van der Waals surface area (Å²) in [5.41, 5.74) is 1.09. The smallest absolute Gasteiger partial charge is 0.251 e. The lowest BCUT2D eigenvalue weighted by molar-refractivity contribution is 0.0939. The fourth-order valence-corrected chi connectivity index (χ4v) is 4.92. The molecule has 33 heavy (non-hydrogen) atoms. The number of sulfonamides is 1. The fourth-order valence-electron chi connectivity index (χ4n) is 3.14. The van der Waals surface area contributed by atoms with Crippen molar-refractivity contribution in [3.05, 3.63) is 76.0 Å². The van der Waals surface area contributed by atoms with Crippen LogP contribution in [0, 0.1) is 0 Å². The molecule has 1 unspecified atom stereocenters. The Bertz CT molecular complexity index is 1190. The maximum absolute atomic E-state index is 12.8. The molecule has 3 aromatic rings. The van der Waals surface area contributed by atoms with Gasteiger partial charge in [0.1, 0.15) is 0 Å². The molecule has 0 aliphatic heterocycles. The van der Waals surface area contributed by atoms with Crippen molar-refractivity contribution < 1.29 is 22.7 Å². The largest absolute Gasteiger partial charge is 0.493 e. The van der Waals surface area contributed by atoms with Crippen molar-refractivity contribution in [3.8, 4) is 11.5 Å². The van der Waals surface area contributed by atoms with E-state index in [1.54, 1.807) is 19.2 Å². The lowest BCUT2D eigenvalue weighted by Gasteiger charge is -2.18. The van der Waals surface area contributed by atoms with Crippen LogP contribution in [0.15, 0.2) is 64.9 Å². The molecule has 0 spiro atoms. The summed E-state index contributed by atoms with van der Waals surface area (Å²) < 4.78 is 39.0. The van der Waals surface area contributed by atoms with Gasteiger partial charge in [-0.1, -0.05) is 18.2 Å². The number of hydrogen-bond acceptors (Lipinski definition) is 6. The van der Waals surface area contributed by atoms with Crippen LogP contribution in [0.5, 0.6) is 11.5 Å². The van der Waals surface area contributed by atoms with Gasteiger partial charge in [0, 0.05) is 17.0 Å². The molecule has 1 amide bonds. The van der Waals surface area contributed by atoms with Crippen molar-refractivity contribution in [1.82, 2.24) is 10.0 Å². The molecule has 176 valence electrons. The maximum Gasteiger partial charge on any atom is 0.251 e. The predicted octanol–water partition coefficient (Wildman–Crippen LogP) is 4.51. The highest BCUT2D eigenvalue weighted by Crippen LogP contribution is 2.31. The number of methoxy groups -OCH3 is 1. The van der Waals surface area contributed by atoms with Crippen molar-refractivity contribution in [2.45, 2.75) is 44.4 Å². The zero-order chi connectivity index (χ0) is 24.0. The third-order valence-electron chi connectivity index (χ3n) is 4.82. The molecule has 2 N–H and O–H groups in total. The van der Waals surface area contributed by atoms with E-state index in [2.05, 4.69) is 10.0 Å². The first-order valence-electron chi connectivity index (χ1n) is 10.5. The summed E-state index contributed by atoms with van der Waals surface area (Å²) in [5.74, 6) is 0.828. The SMILES string of the molecule is COc1cc(C(C)NC(=O)c2cccc(S(=O)(=O)NCc3cccs3)c2)ccc1OC(C)C. The van der Waals surface area contributed by atoms with Crippen molar-refractivity contribution in [2.24, 2.45) is 0 Å². The molecule has 1 atom stereocenters. The minimum Gasteiger partial charge on any atom is -0.493 e. The lowest BCUT2D eigenvalue weighted by atomic mass is 10.1. The van der Waals surface area contributed by atoms with Crippen molar-refractivity contribution >= 4 is 27.3 Å². The normalized spacial score (nSPS) is 12.4. The zero-order valence-corrected chi connectivity index (χ0v) is 20.6. The zero-order valence-electron chi connectivity index (χ0n) is 19.0. The number of benzene rings is 2. The summed E-state index contributed by atoms with van der Waals surface area (Å²) >= 11 is 1.47. The molecule has 0 aliphatic rings. The standard InChI is InChI=1S/C24H28N2O5S2/c1-16(2)31-22-11-10-18(14-23(22)30-4)17(3)26-24(27)19-7-5-9-21(13-19)33(28,29)25-15-20-8-6-12-32-20/h5-14,16-17,25H,15H2,1-4H3,(H,26,27). The van der Waals surface area contributed by atoms with Gasteiger partial charge in [-0.3, -0.25) is 4.79 Å².